The quantitative estimate of drug-likeness (QED) is 0.532. The molecule has 1 aliphatic rings. The molecule has 3 rings (SSSR count). The molecule has 0 unspecified atom stereocenters. The van der Waals surface area contributed by atoms with E-state index in [2.05, 4.69) is 36.1 Å². The molecule has 1 fully saturated rings. The largest absolute Gasteiger partial charge is 0.339 e. The number of hydrogen-bond acceptors (Lipinski definition) is 5. The molecule has 0 spiro atoms. The van der Waals surface area contributed by atoms with E-state index in [0.29, 0.717) is 25.2 Å². The third kappa shape index (κ3) is 5.85. The molecule has 0 bridgehead atoms. The maximum atomic E-state index is 12.7. The lowest BCUT2D eigenvalue weighted by molar-refractivity contribution is -0.385. The van der Waals surface area contributed by atoms with Gasteiger partial charge in [-0.2, -0.15) is 0 Å². The van der Waals surface area contributed by atoms with Crippen LogP contribution in [0.5, 0.6) is 0 Å². The molecule has 1 amide bonds. The Bertz CT molecular complexity index is 863. The number of nitro benzene ring substituents is 1. The van der Waals surface area contributed by atoms with Crippen molar-refractivity contribution in [3.8, 4) is 0 Å². The van der Waals surface area contributed by atoms with E-state index in [4.69, 9.17) is 0 Å². The predicted molar refractivity (Wildman–Crippen MR) is 112 cm³/mol. The summed E-state index contributed by atoms with van der Waals surface area (Å²) < 4.78 is 0. The van der Waals surface area contributed by atoms with E-state index in [0.717, 1.165) is 19.6 Å². The van der Waals surface area contributed by atoms with Crippen molar-refractivity contribution < 1.29 is 9.72 Å². The van der Waals surface area contributed by atoms with Crippen LogP contribution in [0.15, 0.2) is 48.5 Å². The third-order valence-electron chi connectivity index (χ3n) is 5.25. The van der Waals surface area contributed by atoms with Gasteiger partial charge in [0, 0.05) is 50.9 Å². The van der Waals surface area contributed by atoms with Gasteiger partial charge in [-0.15, -0.1) is 0 Å². The number of amides is 1. The molecule has 1 heterocycles. The van der Waals surface area contributed by atoms with E-state index >= 15 is 0 Å². The van der Waals surface area contributed by atoms with Gasteiger partial charge in [-0.25, -0.2) is 0 Å². The molecule has 0 N–H and O–H groups in total. The Morgan fingerprint density at radius 2 is 1.83 bits per heavy atom. The first-order valence-electron chi connectivity index (χ1n) is 9.89. The van der Waals surface area contributed by atoms with E-state index < -0.39 is 0 Å². The first kappa shape index (κ1) is 21.0. The molecular weight excluding hydrogens is 368 g/mol. The molecule has 154 valence electrons. The summed E-state index contributed by atoms with van der Waals surface area (Å²) in [4.78, 5) is 29.5. The van der Waals surface area contributed by atoms with Crippen molar-refractivity contribution >= 4 is 11.6 Å². The minimum atomic E-state index is -0.377. The number of likely N-dealkylation sites (N-methyl/N-ethyl adjacent to an activating group) is 1. The standard InChI is InChI=1S/C22H28N4O3/c1-18-6-5-7-19(14-18)15-24-10-12-25(13-11-24)22(27)17-23(2)16-20-8-3-4-9-21(20)26(28)29/h3-9,14H,10-13,15-17H2,1-2H3. The second-order valence-electron chi connectivity index (χ2n) is 7.70. The highest BCUT2D eigenvalue weighted by molar-refractivity contribution is 5.78. The Balaban J connectivity index is 1.47. The van der Waals surface area contributed by atoms with E-state index in [1.54, 1.807) is 18.2 Å². The molecule has 7 nitrogen and oxygen atoms in total. The van der Waals surface area contributed by atoms with Crippen LogP contribution in [0.2, 0.25) is 0 Å². The number of nitro groups is 1. The second kappa shape index (κ2) is 9.62. The first-order valence-corrected chi connectivity index (χ1v) is 9.89. The zero-order chi connectivity index (χ0) is 20.8. The van der Waals surface area contributed by atoms with Crippen molar-refractivity contribution in [1.82, 2.24) is 14.7 Å². The Labute approximate surface area is 171 Å². The number of hydrogen-bond donors (Lipinski definition) is 0. The summed E-state index contributed by atoms with van der Waals surface area (Å²) in [6, 6.07) is 15.2. The van der Waals surface area contributed by atoms with Crippen LogP contribution in [0.4, 0.5) is 5.69 Å². The van der Waals surface area contributed by atoms with Gasteiger partial charge in [0.25, 0.3) is 5.69 Å². The Kier molecular flexibility index (Phi) is 6.95. The lowest BCUT2D eigenvalue weighted by Crippen LogP contribution is -2.50. The van der Waals surface area contributed by atoms with Crippen LogP contribution in [0.25, 0.3) is 0 Å². The van der Waals surface area contributed by atoms with Crippen molar-refractivity contribution in [3.63, 3.8) is 0 Å². The van der Waals surface area contributed by atoms with Crippen molar-refractivity contribution in [2.45, 2.75) is 20.0 Å². The van der Waals surface area contributed by atoms with Gasteiger partial charge in [0.2, 0.25) is 5.91 Å². The van der Waals surface area contributed by atoms with Crippen molar-refractivity contribution in [1.29, 1.82) is 0 Å². The topological polar surface area (TPSA) is 69.9 Å². The van der Waals surface area contributed by atoms with Gasteiger partial charge in [0.05, 0.1) is 11.5 Å². The number of carbonyl (C=O) groups is 1. The Morgan fingerprint density at radius 3 is 2.52 bits per heavy atom. The number of benzene rings is 2. The highest BCUT2D eigenvalue weighted by Crippen LogP contribution is 2.19. The molecule has 0 atom stereocenters. The molecule has 2 aromatic carbocycles. The SMILES string of the molecule is Cc1cccc(CN2CCN(C(=O)CN(C)Cc3ccccc3[N+](=O)[O-])CC2)c1. The molecule has 0 aliphatic carbocycles. The van der Waals surface area contributed by atoms with Crippen LogP contribution < -0.4 is 0 Å². The van der Waals surface area contributed by atoms with Crippen LogP contribution in [0.3, 0.4) is 0 Å². The maximum absolute atomic E-state index is 12.7. The maximum Gasteiger partial charge on any atom is 0.273 e. The van der Waals surface area contributed by atoms with Gasteiger partial charge in [-0.1, -0.05) is 48.0 Å². The van der Waals surface area contributed by atoms with Crippen LogP contribution >= 0.6 is 0 Å². The highest BCUT2D eigenvalue weighted by Gasteiger charge is 2.23. The first-order chi connectivity index (χ1) is 13.9. The number of carbonyl (C=O) groups excluding carboxylic acids is 1. The van der Waals surface area contributed by atoms with Gasteiger partial charge in [-0.3, -0.25) is 24.7 Å². The summed E-state index contributed by atoms with van der Waals surface area (Å²) in [5, 5.41) is 11.2. The van der Waals surface area contributed by atoms with Crippen LogP contribution in [0, 0.1) is 17.0 Å². The summed E-state index contributed by atoms with van der Waals surface area (Å²) in [6.07, 6.45) is 0. The predicted octanol–water partition coefficient (Wildman–Crippen LogP) is 2.68. The van der Waals surface area contributed by atoms with Gasteiger partial charge < -0.3 is 4.90 Å². The van der Waals surface area contributed by atoms with E-state index in [9.17, 15) is 14.9 Å². The van der Waals surface area contributed by atoms with Crippen molar-refractivity contribution in [2.75, 3.05) is 39.8 Å². The summed E-state index contributed by atoms with van der Waals surface area (Å²) in [5.41, 5.74) is 3.28. The fourth-order valence-electron chi connectivity index (χ4n) is 3.72. The fourth-order valence-corrected chi connectivity index (χ4v) is 3.72. The van der Waals surface area contributed by atoms with Crippen molar-refractivity contribution in [3.05, 3.63) is 75.3 Å². The smallest absolute Gasteiger partial charge is 0.273 e. The zero-order valence-electron chi connectivity index (χ0n) is 17.1. The molecule has 0 radical (unpaired) electrons. The molecule has 1 aliphatic heterocycles. The number of rotatable bonds is 7. The lowest BCUT2D eigenvalue weighted by atomic mass is 10.1. The van der Waals surface area contributed by atoms with E-state index in [1.807, 2.05) is 16.8 Å². The van der Waals surface area contributed by atoms with Gasteiger partial charge in [-0.05, 0) is 19.5 Å². The monoisotopic (exact) mass is 396 g/mol. The average molecular weight is 396 g/mol. The number of aryl methyl sites for hydroxylation is 1. The molecule has 7 heteroatoms. The third-order valence-corrected chi connectivity index (χ3v) is 5.25. The van der Waals surface area contributed by atoms with Gasteiger partial charge in [0.15, 0.2) is 0 Å². The highest BCUT2D eigenvalue weighted by atomic mass is 16.6. The van der Waals surface area contributed by atoms with Crippen molar-refractivity contribution in [2.24, 2.45) is 0 Å². The summed E-state index contributed by atoms with van der Waals surface area (Å²) in [7, 11) is 1.82. The van der Waals surface area contributed by atoms with E-state index in [-0.39, 0.29) is 23.1 Å². The second-order valence-corrected chi connectivity index (χ2v) is 7.70. The fraction of sp³-hybridized carbons (Fsp3) is 0.409. The van der Waals surface area contributed by atoms with Crippen LogP contribution in [0.1, 0.15) is 16.7 Å². The Hall–Kier alpha value is -2.77. The molecule has 0 aromatic heterocycles. The van der Waals surface area contributed by atoms with Gasteiger partial charge >= 0.3 is 0 Å². The summed E-state index contributed by atoms with van der Waals surface area (Å²) in [6.45, 7) is 6.76. The summed E-state index contributed by atoms with van der Waals surface area (Å²) >= 11 is 0. The molecule has 2 aromatic rings. The lowest BCUT2D eigenvalue weighted by Gasteiger charge is -2.35. The summed E-state index contributed by atoms with van der Waals surface area (Å²) in [5.74, 6) is 0.0706. The van der Waals surface area contributed by atoms with Crippen LogP contribution in [-0.2, 0) is 17.9 Å². The average Bonchev–Trinajstić information content (AvgIpc) is 2.68. The minimum Gasteiger partial charge on any atom is -0.339 e. The number of nitrogens with zero attached hydrogens (tertiary/aromatic N) is 4. The van der Waals surface area contributed by atoms with Gasteiger partial charge in [0.1, 0.15) is 0 Å². The molecular formula is C22H28N4O3. The molecule has 0 saturated carbocycles. The zero-order valence-corrected chi connectivity index (χ0v) is 17.1. The molecule has 1 saturated heterocycles. The normalized spacial score (nSPS) is 14.9. The minimum absolute atomic E-state index is 0.0706. The number of para-hydroxylation sites is 1. The van der Waals surface area contributed by atoms with E-state index in [1.165, 1.54) is 17.2 Å². The molecule has 29 heavy (non-hydrogen) atoms. The number of piperazine rings is 1. The van der Waals surface area contributed by atoms with Crippen LogP contribution in [-0.4, -0.2) is 65.3 Å². The Morgan fingerprint density at radius 1 is 1.10 bits per heavy atom.